The molecule has 2 saturated heterocycles. The fraction of sp³-hybridized carbons (Fsp3) is 0.636. The minimum Gasteiger partial charge on any atom is -0.378 e. The summed E-state index contributed by atoms with van der Waals surface area (Å²) in [5, 5.41) is 19.7. The van der Waals surface area contributed by atoms with Gasteiger partial charge in [0.1, 0.15) is 5.69 Å². The summed E-state index contributed by atoms with van der Waals surface area (Å²) < 4.78 is 38.6. The number of hydrogen-bond donors (Lipinski definition) is 2. The number of aromatic nitrogens is 2. The molecule has 1 aromatic carbocycles. The van der Waals surface area contributed by atoms with Gasteiger partial charge in [0.15, 0.2) is 12.0 Å². The molecule has 7 rings (SSSR count). The number of morpholine rings is 1. The highest BCUT2D eigenvalue weighted by Crippen LogP contribution is 2.42. The Balaban J connectivity index is 1.39. The molecule has 5 aliphatic heterocycles. The maximum Gasteiger partial charge on any atom is 0.290 e. The average Bonchev–Trinajstić information content (AvgIpc) is 3.03. The second-order valence-corrected chi connectivity index (χ2v) is 12.8. The molecule has 9 nitrogen and oxygen atoms in total. The van der Waals surface area contributed by atoms with Gasteiger partial charge in [-0.1, -0.05) is 37.5 Å². The third kappa shape index (κ3) is 6.23. The van der Waals surface area contributed by atoms with Crippen LogP contribution in [0, 0.1) is 5.92 Å². The van der Waals surface area contributed by atoms with Gasteiger partial charge in [0.2, 0.25) is 0 Å². The van der Waals surface area contributed by atoms with Gasteiger partial charge >= 0.3 is 0 Å². The molecule has 1 aromatic heterocycles. The van der Waals surface area contributed by atoms with E-state index in [-0.39, 0.29) is 17.2 Å². The number of aliphatic hydroxyl groups excluding tert-OH is 1. The van der Waals surface area contributed by atoms with Gasteiger partial charge in [0, 0.05) is 43.7 Å². The predicted octanol–water partition coefficient (Wildman–Crippen LogP) is 4.53. The maximum atomic E-state index is 15.9. The number of hydrogen-bond acceptors (Lipinski definition) is 8. The van der Waals surface area contributed by atoms with E-state index in [1.165, 1.54) is 4.68 Å². The number of nitrogens with zero attached hydrogens (tertiary/aromatic N) is 5. The third-order valence-corrected chi connectivity index (χ3v) is 9.87. The van der Waals surface area contributed by atoms with Crippen molar-refractivity contribution < 1.29 is 18.6 Å². The summed E-state index contributed by atoms with van der Waals surface area (Å²) in [6.45, 7) is 7.23. The Bertz CT molecular complexity index is 1400. The summed E-state index contributed by atoms with van der Waals surface area (Å²) in [4.78, 5) is 19.9. The number of piperidine rings is 1. The van der Waals surface area contributed by atoms with E-state index in [9.17, 15) is 9.90 Å². The second kappa shape index (κ2) is 13.1. The molecule has 2 atom stereocenters. The predicted molar refractivity (Wildman–Crippen MR) is 168 cm³/mol. The van der Waals surface area contributed by atoms with E-state index in [1.807, 2.05) is 24.0 Å². The van der Waals surface area contributed by atoms with Crippen LogP contribution in [-0.4, -0.2) is 83.4 Å². The number of aryl methyl sites for hydroxylation is 1. The minimum atomic E-state index is -2.92. The van der Waals surface area contributed by atoms with Crippen molar-refractivity contribution in [3.8, 4) is 0 Å². The largest absolute Gasteiger partial charge is 0.378 e. The molecule has 44 heavy (non-hydrogen) atoms. The zero-order chi connectivity index (χ0) is 30.8. The fourth-order valence-corrected chi connectivity index (χ4v) is 7.17. The van der Waals surface area contributed by atoms with Crippen LogP contribution in [0.5, 0.6) is 0 Å². The Morgan fingerprint density at radius 1 is 1.00 bits per heavy atom. The van der Waals surface area contributed by atoms with E-state index >= 15 is 8.78 Å². The molecular formula is C33H46F2N6O3. The number of aliphatic hydroxyl groups is 1. The van der Waals surface area contributed by atoms with Crippen LogP contribution in [0.3, 0.4) is 0 Å². The Kier molecular flexibility index (Phi) is 9.26. The van der Waals surface area contributed by atoms with Gasteiger partial charge in [-0.15, -0.1) is 0 Å². The molecule has 0 radical (unpaired) electrons. The first kappa shape index (κ1) is 31.0. The monoisotopic (exact) mass is 612 g/mol. The lowest BCUT2D eigenvalue weighted by Crippen LogP contribution is -2.50. The van der Waals surface area contributed by atoms with Crippen LogP contribution in [0.25, 0.3) is 6.08 Å². The Morgan fingerprint density at radius 2 is 1.70 bits per heavy atom. The van der Waals surface area contributed by atoms with Gasteiger partial charge < -0.3 is 29.9 Å². The van der Waals surface area contributed by atoms with Gasteiger partial charge in [-0.2, -0.15) is 5.10 Å². The van der Waals surface area contributed by atoms with E-state index in [1.54, 1.807) is 25.2 Å². The molecule has 8 bridgehead atoms. The molecule has 2 fully saturated rings. The van der Waals surface area contributed by atoms with E-state index in [4.69, 9.17) is 4.74 Å². The van der Waals surface area contributed by atoms with E-state index in [2.05, 4.69) is 20.2 Å². The van der Waals surface area contributed by atoms with Crippen molar-refractivity contribution in [2.24, 2.45) is 13.0 Å². The highest BCUT2D eigenvalue weighted by atomic mass is 19.3. The van der Waals surface area contributed by atoms with Crippen LogP contribution in [0.1, 0.15) is 74.6 Å². The standard InChI is InChI=1S/C33H46F2N6O3/c1-23-24-9-8-10-26(21-24)33(34,35)25-11-15-39(16-12-25)13-6-4-3-5-7-14-41-29-27(30(36-23)37-38(2)32(29)43)22-28(31(41)42)40-17-19-44-20-18-40/h8-10,21-23,25,31,42H,3-7,11-20H2,1-2H3,(H,36,37)/t23-,31?/m1/s1. The highest BCUT2D eigenvalue weighted by molar-refractivity contribution is 5.80. The first-order valence-corrected chi connectivity index (χ1v) is 16.3. The van der Waals surface area contributed by atoms with Crippen LogP contribution in [-0.2, 0) is 17.7 Å². The van der Waals surface area contributed by atoms with Crippen molar-refractivity contribution in [3.05, 3.63) is 57.0 Å². The summed E-state index contributed by atoms with van der Waals surface area (Å²) >= 11 is 0. The number of nitrogens with one attached hydrogen (secondary N) is 1. The first-order valence-electron chi connectivity index (χ1n) is 16.3. The van der Waals surface area contributed by atoms with Gasteiger partial charge in [0.25, 0.3) is 11.5 Å². The van der Waals surface area contributed by atoms with Crippen LogP contribution in [0.4, 0.5) is 20.3 Å². The fourth-order valence-electron chi connectivity index (χ4n) is 7.17. The molecule has 2 N–H and O–H groups in total. The zero-order valence-electron chi connectivity index (χ0n) is 26.0. The van der Waals surface area contributed by atoms with Gasteiger partial charge in [0.05, 0.1) is 25.0 Å². The van der Waals surface area contributed by atoms with Crippen LogP contribution in [0.2, 0.25) is 0 Å². The van der Waals surface area contributed by atoms with Crippen molar-refractivity contribution in [1.82, 2.24) is 19.6 Å². The Labute approximate surface area is 258 Å². The number of anilines is 2. The van der Waals surface area contributed by atoms with Crippen molar-refractivity contribution in [3.63, 3.8) is 0 Å². The summed E-state index contributed by atoms with van der Waals surface area (Å²) in [6, 6.07) is 6.36. The van der Waals surface area contributed by atoms with Gasteiger partial charge in [-0.3, -0.25) is 4.79 Å². The molecule has 11 heteroatoms. The smallest absolute Gasteiger partial charge is 0.290 e. The van der Waals surface area contributed by atoms with E-state index < -0.39 is 18.1 Å². The number of benzene rings is 1. The number of rotatable bonds is 1. The Hall–Kier alpha value is -3.02. The Morgan fingerprint density at radius 3 is 2.45 bits per heavy atom. The molecule has 0 aliphatic carbocycles. The molecule has 2 aromatic rings. The average molecular weight is 613 g/mol. The zero-order valence-corrected chi connectivity index (χ0v) is 26.0. The summed E-state index contributed by atoms with van der Waals surface area (Å²) in [6.07, 6.45) is 6.87. The lowest BCUT2D eigenvalue weighted by Gasteiger charge is -2.41. The lowest BCUT2D eigenvalue weighted by atomic mass is 9.85. The molecule has 0 spiro atoms. The van der Waals surface area contributed by atoms with Crippen LogP contribution >= 0.6 is 0 Å². The van der Waals surface area contributed by atoms with Gasteiger partial charge in [-0.05, 0) is 69.9 Å². The van der Waals surface area contributed by atoms with E-state index in [0.29, 0.717) is 75.8 Å². The summed E-state index contributed by atoms with van der Waals surface area (Å²) in [5.41, 5.74) is 2.24. The number of fused-ring (bicyclic) bond motifs is 9. The molecule has 1 unspecified atom stereocenters. The summed E-state index contributed by atoms with van der Waals surface area (Å²) in [5.74, 6) is -3.11. The number of alkyl halides is 2. The minimum absolute atomic E-state index is 0.0484. The topological polar surface area (TPSA) is 86.1 Å². The summed E-state index contributed by atoms with van der Waals surface area (Å²) in [7, 11) is 1.61. The normalized spacial score (nSPS) is 28.1. The first-order chi connectivity index (χ1) is 21.2. The molecule has 0 amide bonds. The van der Waals surface area contributed by atoms with Crippen LogP contribution in [0.15, 0.2) is 34.8 Å². The number of halogens is 2. The second-order valence-electron chi connectivity index (χ2n) is 12.8. The van der Waals surface area contributed by atoms with E-state index in [0.717, 1.165) is 49.9 Å². The van der Waals surface area contributed by atoms with Crippen molar-refractivity contribution in [1.29, 1.82) is 0 Å². The molecule has 5 aliphatic rings. The quantitative estimate of drug-likeness (QED) is 0.486. The highest BCUT2D eigenvalue weighted by Gasteiger charge is 2.43. The third-order valence-electron chi connectivity index (χ3n) is 9.87. The number of ether oxygens (including phenoxy) is 1. The molecular weight excluding hydrogens is 566 g/mol. The SMILES string of the molecule is C[C@H]1Nc2nn(C)c(=O)c3c2C=C(N2CCOCC2)C(O)N3CCCCCCCN2CCC(CC2)C(F)(F)c2cccc1c2. The molecule has 6 heterocycles. The maximum absolute atomic E-state index is 15.9. The van der Waals surface area contributed by atoms with Crippen molar-refractivity contribution in [2.75, 3.05) is 62.7 Å². The molecule has 0 saturated carbocycles. The van der Waals surface area contributed by atoms with Crippen molar-refractivity contribution in [2.45, 2.75) is 70.1 Å². The molecule has 240 valence electrons. The van der Waals surface area contributed by atoms with Crippen molar-refractivity contribution >= 4 is 17.6 Å². The van der Waals surface area contributed by atoms with Gasteiger partial charge in [-0.25, -0.2) is 13.5 Å². The lowest BCUT2D eigenvalue weighted by molar-refractivity contribution is -0.0855. The van der Waals surface area contributed by atoms with Crippen LogP contribution < -0.4 is 15.8 Å².